The monoisotopic (exact) mass is 398 g/mol. The van der Waals surface area contributed by atoms with Crippen LogP contribution in [0.25, 0.3) is 0 Å². The van der Waals surface area contributed by atoms with Crippen LogP contribution in [-0.2, 0) is 16.4 Å². The number of hydrogen-bond donors (Lipinski definition) is 2. The number of benzene rings is 2. The van der Waals surface area contributed by atoms with Gasteiger partial charge in [0.2, 0.25) is 16.0 Å². The quantitative estimate of drug-likeness (QED) is 0.598. The van der Waals surface area contributed by atoms with E-state index in [9.17, 15) is 8.42 Å². The standard InChI is InChI=1S/C19H22N6O2S/c1-2-25(16-6-4-3-5-7-16)18-14-22-24-19(23-18)21-13-12-15-8-10-17(11-9-15)28(20,26)27/h3-11,14H,2,12-13H2,1H3,(H2,20,26,27)(H,21,23,24). The predicted octanol–water partition coefficient (Wildman–Crippen LogP) is 2.33. The van der Waals surface area contributed by atoms with E-state index < -0.39 is 10.0 Å². The number of nitrogens with zero attached hydrogens (tertiary/aromatic N) is 4. The fourth-order valence-corrected chi connectivity index (χ4v) is 3.26. The fraction of sp³-hybridized carbons (Fsp3) is 0.211. The van der Waals surface area contributed by atoms with Crippen molar-refractivity contribution in [1.82, 2.24) is 15.2 Å². The number of anilines is 3. The summed E-state index contributed by atoms with van der Waals surface area (Å²) in [6, 6.07) is 16.5. The molecule has 146 valence electrons. The lowest BCUT2D eigenvalue weighted by Gasteiger charge is -2.21. The second-order valence-corrected chi connectivity index (χ2v) is 7.65. The van der Waals surface area contributed by atoms with Crippen molar-refractivity contribution >= 4 is 27.5 Å². The molecule has 8 nitrogen and oxygen atoms in total. The van der Waals surface area contributed by atoms with Crippen molar-refractivity contribution in [2.75, 3.05) is 23.3 Å². The zero-order chi connectivity index (χ0) is 20.0. The van der Waals surface area contributed by atoms with E-state index >= 15 is 0 Å². The molecule has 0 unspecified atom stereocenters. The van der Waals surface area contributed by atoms with Gasteiger partial charge in [-0.05, 0) is 43.2 Å². The Balaban J connectivity index is 1.63. The van der Waals surface area contributed by atoms with Crippen LogP contribution >= 0.6 is 0 Å². The van der Waals surface area contributed by atoms with Gasteiger partial charge in [-0.3, -0.25) is 0 Å². The Morgan fingerprint density at radius 3 is 2.43 bits per heavy atom. The molecule has 3 N–H and O–H groups in total. The van der Waals surface area contributed by atoms with Gasteiger partial charge in [0.15, 0.2) is 5.82 Å². The Bertz CT molecular complexity index is 1010. The predicted molar refractivity (Wildman–Crippen MR) is 109 cm³/mol. The summed E-state index contributed by atoms with van der Waals surface area (Å²) < 4.78 is 22.6. The molecule has 0 amide bonds. The van der Waals surface area contributed by atoms with E-state index in [1.807, 2.05) is 42.2 Å². The van der Waals surface area contributed by atoms with Crippen LogP contribution in [0.3, 0.4) is 0 Å². The summed E-state index contributed by atoms with van der Waals surface area (Å²) >= 11 is 0. The fourth-order valence-electron chi connectivity index (χ4n) is 2.75. The first-order valence-corrected chi connectivity index (χ1v) is 10.4. The van der Waals surface area contributed by atoms with Crippen molar-refractivity contribution in [3.8, 4) is 0 Å². The highest BCUT2D eigenvalue weighted by atomic mass is 32.2. The smallest absolute Gasteiger partial charge is 0.244 e. The topological polar surface area (TPSA) is 114 Å². The number of rotatable bonds is 8. The highest BCUT2D eigenvalue weighted by molar-refractivity contribution is 7.89. The summed E-state index contributed by atoms with van der Waals surface area (Å²) in [6.45, 7) is 3.38. The van der Waals surface area contributed by atoms with E-state index in [0.29, 0.717) is 24.7 Å². The maximum absolute atomic E-state index is 11.3. The molecule has 2 aromatic carbocycles. The Kier molecular flexibility index (Phi) is 6.17. The van der Waals surface area contributed by atoms with Crippen LogP contribution in [0.2, 0.25) is 0 Å². The number of nitrogens with two attached hydrogens (primary N) is 1. The van der Waals surface area contributed by atoms with E-state index in [4.69, 9.17) is 5.14 Å². The maximum atomic E-state index is 11.3. The second kappa shape index (κ2) is 8.77. The Hall–Kier alpha value is -3.04. The van der Waals surface area contributed by atoms with Crippen LogP contribution in [0.4, 0.5) is 17.5 Å². The third-order valence-electron chi connectivity index (χ3n) is 4.16. The lowest BCUT2D eigenvalue weighted by Crippen LogP contribution is -2.19. The molecule has 0 bridgehead atoms. The Labute approximate surface area is 164 Å². The van der Waals surface area contributed by atoms with Crippen LogP contribution in [0.15, 0.2) is 65.7 Å². The largest absolute Gasteiger partial charge is 0.353 e. The third kappa shape index (κ3) is 5.02. The summed E-state index contributed by atoms with van der Waals surface area (Å²) in [6.07, 6.45) is 2.31. The molecule has 0 radical (unpaired) electrons. The number of primary sulfonamides is 1. The van der Waals surface area contributed by atoms with Gasteiger partial charge in [0.1, 0.15) is 0 Å². The van der Waals surface area contributed by atoms with Crippen LogP contribution in [-0.4, -0.2) is 36.7 Å². The molecular formula is C19H22N6O2S. The lowest BCUT2D eigenvalue weighted by molar-refractivity contribution is 0.598. The molecule has 3 rings (SSSR count). The maximum Gasteiger partial charge on any atom is 0.244 e. The summed E-state index contributed by atoms with van der Waals surface area (Å²) in [5, 5.41) is 16.3. The molecule has 0 aliphatic rings. The highest BCUT2D eigenvalue weighted by Crippen LogP contribution is 2.22. The van der Waals surface area contributed by atoms with Crippen molar-refractivity contribution in [2.24, 2.45) is 5.14 Å². The van der Waals surface area contributed by atoms with Gasteiger partial charge < -0.3 is 10.2 Å². The number of hydrogen-bond acceptors (Lipinski definition) is 7. The molecule has 28 heavy (non-hydrogen) atoms. The van der Waals surface area contributed by atoms with Crippen LogP contribution < -0.4 is 15.4 Å². The minimum absolute atomic E-state index is 0.102. The molecule has 0 aliphatic carbocycles. The zero-order valence-electron chi connectivity index (χ0n) is 15.5. The average Bonchev–Trinajstić information content (AvgIpc) is 2.70. The van der Waals surface area contributed by atoms with Gasteiger partial charge in [0.25, 0.3) is 0 Å². The summed E-state index contributed by atoms with van der Waals surface area (Å²) in [4.78, 5) is 6.69. The molecule has 0 saturated heterocycles. The minimum atomic E-state index is -3.67. The van der Waals surface area contributed by atoms with Crippen molar-refractivity contribution in [3.63, 3.8) is 0 Å². The van der Waals surface area contributed by atoms with Gasteiger partial charge in [-0.1, -0.05) is 30.3 Å². The number of sulfonamides is 1. The van der Waals surface area contributed by atoms with Gasteiger partial charge in [-0.25, -0.2) is 13.6 Å². The van der Waals surface area contributed by atoms with Crippen molar-refractivity contribution in [1.29, 1.82) is 0 Å². The minimum Gasteiger partial charge on any atom is -0.353 e. The van der Waals surface area contributed by atoms with Gasteiger partial charge in [0.05, 0.1) is 11.1 Å². The third-order valence-corrected chi connectivity index (χ3v) is 5.08. The van der Waals surface area contributed by atoms with E-state index in [2.05, 4.69) is 20.5 Å². The molecule has 0 spiro atoms. The van der Waals surface area contributed by atoms with Crippen molar-refractivity contribution in [3.05, 3.63) is 66.4 Å². The molecule has 0 aliphatic heterocycles. The number of aromatic nitrogens is 3. The van der Waals surface area contributed by atoms with Gasteiger partial charge in [-0.2, -0.15) is 10.1 Å². The molecule has 1 aromatic heterocycles. The second-order valence-electron chi connectivity index (χ2n) is 6.08. The molecule has 3 aromatic rings. The van der Waals surface area contributed by atoms with E-state index in [0.717, 1.165) is 17.8 Å². The van der Waals surface area contributed by atoms with Crippen molar-refractivity contribution in [2.45, 2.75) is 18.2 Å². The first-order valence-electron chi connectivity index (χ1n) is 8.85. The molecule has 0 saturated carbocycles. The zero-order valence-corrected chi connectivity index (χ0v) is 16.3. The molecular weight excluding hydrogens is 376 g/mol. The SMILES string of the molecule is CCN(c1ccccc1)c1cnnc(NCCc2ccc(S(N)(=O)=O)cc2)n1. The van der Waals surface area contributed by atoms with Gasteiger partial charge in [-0.15, -0.1) is 5.10 Å². The van der Waals surface area contributed by atoms with Gasteiger partial charge >= 0.3 is 0 Å². The van der Waals surface area contributed by atoms with Crippen LogP contribution in [0.5, 0.6) is 0 Å². The molecule has 0 fully saturated rings. The van der Waals surface area contributed by atoms with Crippen molar-refractivity contribution < 1.29 is 8.42 Å². The number of nitrogens with one attached hydrogen (secondary N) is 1. The van der Waals surface area contributed by atoms with Crippen LogP contribution in [0.1, 0.15) is 12.5 Å². The van der Waals surface area contributed by atoms with Gasteiger partial charge in [0, 0.05) is 18.8 Å². The molecule has 0 atom stereocenters. The normalized spacial score (nSPS) is 11.2. The molecule has 1 heterocycles. The first kappa shape index (κ1) is 19.7. The highest BCUT2D eigenvalue weighted by Gasteiger charge is 2.10. The van der Waals surface area contributed by atoms with Crippen LogP contribution in [0, 0.1) is 0 Å². The average molecular weight is 398 g/mol. The van der Waals surface area contributed by atoms with E-state index in [1.165, 1.54) is 12.1 Å². The number of para-hydroxylation sites is 1. The lowest BCUT2D eigenvalue weighted by atomic mass is 10.1. The summed E-state index contributed by atoms with van der Waals surface area (Å²) in [7, 11) is -3.67. The Morgan fingerprint density at radius 1 is 1.07 bits per heavy atom. The molecule has 9 heteroatoms. The van der Waals surface area contributed by atoms with E-state index in [1.54, 1.807) is 18.3 Å². The Morgan fingerprint density at radius 2 is 1.79 bits per heavy atom. The summed E-state index contributed by atoms with van der Waals surface area (Å²) in [5.41, 5.74) is 2.01. The summed E-state index contributed by atoms with van der Waals surface area (Å²) in [5.74, 6) is 1.15. The first-order chi connectivity index (χ1) is 13.5. The van der Waals surface area contributed by atoms with E-state index in [-0.39, 0.29) is 4.90 Å².